The SMILES string of the molecule is CCS(=O)(=O)Nc1ccc(S(=O)(=O)NC(C)C(=O)O)cc1F. The highest BCUT2D eigenvalue weighted by Gasteiger charge is 2.23. The van der Waals surface area contributed by atoms with Gasteiger partial charge in [-0.3, -0.25) is 9.52 Å². The molecule has 124 valence electrons. The molecule has 0 spiro atoms. The Hall–Kier alpha value is -1.72. The van der Waals surface area contributed by atoms with E-state index < -0.39 is 48.5 Å². The quantitative estimate of drug-likeness (QED) is 0.647. The Labute approximate surface area is 127 Å². The topological polar surface area (TPSA) is 130 Å². The second kappa shape index (κ2) is 6.58. The standard InChI is InChI=1S/C11H15FN2O6S2/c1-3-21(17,18)14-10-5-4-8(6-9(10)12)22(19,20)13-7(2)11(15)16/h4-7,13-14H,3H2,1-2H3,(H,15,16). The third-order valence-electron chi connectivity index (χ3n) is 2.60. The fraction of sp³-hybridized carbons (Fsp3) is 0.364. The Kier molecular flexibility index (Phi) is 5.49. The van der Waals surface area contributed by atoms with Gasteiger partial charge in [0.15, 0.2) is 0 Å². The highest BCUT2D eigenvalue weighted by molar-refractivity contribution is 7.92. The van der Waals surface area contributed by atoms with Crippen LogP contribution < -0.4 is 9.44 Å². The predicted molar refractivity (Wildman–Crippen MR) is 76.9 cm³/mol. The summed E-state index contributed by atoms with van der Waals surface area (Å²) in [5.41, 5.74) is -0.396. The van der Waals surface area contributed by atoms with Gasteiger partial charge in [0.2, 0.25) is 20.0 Å². The lowest BCUT2D eigenvalue weighted by atomic mass is 10.3. The molecule has 1 atom stereocenters. The molecule has 3 N–H and O–H groups in total. The number of carboxylic acids is 1. The number of nitrogens with one attached hydrogen (secondary N) is 2. The molecular weight excluding hydrogens is 339 g/mol. The molecule has 0 heterocycles. The lowest BCUT2D eigenvalue weighted by Gasteiger charge is -2.12. The molecule has 0 amide bonds. The average molecular weight is 354 g/mol. The van der Waals surface area contributed by atoms with Gasteiger partial charge in [-0.15, -0.1) is 0 Å². The molecule has 0 radical (unpaired) electrons. The molecule has 0 aromatic heterocycles. The number of rotatable bonds is 7. The number of hydrogen-bond donors (Lipinski definition) is 3. The summed E-state index contributed by atoms with van der Waals surface area (Å²) >= 11 is 0. The van der Waals surface area contributed by atoms with Gasteiger partial charge in [0.05, 0.1) is 16.3 Å². The van der Waals surface area contributed by atoms with E-state index in [0.29, 0.717) is 6.07 Å². The van der Waals surface area contributed by atoms with Crippen LogP contribution in [0.4, 0.5) is 10.1 Å². The number of aliphatic carboxylic acids is 1. The van der Waals surface area contributed by atoms with Gasteiger partial charge >= 0.3 is 5.97 Å². The van der Waals surface area contributed by atoms with Gasteiger partial charge in [-0.25, -0.2) is 21.2 Å². The minimum Gasteiger partial charge on any atom is -0.480 e. The molecule has 11 heteroatoms. The summed E-state index contributed by atoms with van der Waals surface area (Å²) in [6.07, 6.45) is 0. The molecule has 0 saturated carbocycles. The maximum atomic E-state index is 13.8. The summed E-state index contributed by atoms with van der Waals surface area (Å²) in [6, 6.07) is 1.12. The second-order valence-electron chi connectivity index (χ2n) is 4.33. The summed E-state index contributed by atoms with van der Waals surface area (Å²) in [5.74, 6) is -2.76. The van der Waals surface area contributed by atoms with Gasteiger partial charge < -0.3 is 5.11 Å². The van der Waals surface area contributed by atoms with Crippen LogP contribution in [0.1, 0.15) is 13.8 Å². The Balaban J connectivity index is 3.10. The Bertz CT molecular complexity index is 776. The van der Waals surface area contributed by atoms with Crippen molar-refractivity contribution in [2.75, 3.05) is 10.5 Å². The van der Waals surface area contributed by atoms with Crippen molar-refractivity contribution in [3.8, 4) is 0 Å². The van der Waals surface area contributed by atoms with E-state index in [1.165, 1.54) is 6.92 Å². The van der Waals surface area contributed by atoms with Crippen LogP contribution >= 0.6 is 0 Å². The number of benzene rings is 1. The Morgan fingerprint density at radius 3 is 2.36 bits per heavy atom. The van der Waals surface area contributed by atoms with E-state index in [2.05, 4.69) is 0 Å². The van der Waals surface area contributed by atoms with Crippen molar-refractivity contribution in [2.45, 2.75) is 24.8 Å². The van der Waals surface area contributed by atoms with Gasteiger partial charge in [0.25, 0.3) is 0 Å². The molecule has 22 heavy (non-hydrogen) atoms. The summed E-state index contributed by atoms with van der Waals surface area (Å²) < 4.78 is 64.1. The lowest BCUT2D eigenvalue weighted by molar-refractivity contribution is -0.138. The van der Waals surface area contributed by atoms with Crippen LogP contribution in [0.2, 0.25) is 0 Å². The first-order chi connectivity index (χ1) is 9.98. The third-order valence-corrected chi connectivity index (χ3v) is 5.43. The number of anilines is 1. The van der Waals surface area contributed by atoms with Crippen molar-refractivity contribution >= 4 is 31.7 Å². The van der Waals surface area contributed by atoms with Crippen LogP contribution in [0.25, 0.3) is 0 Å². The van der Waals surface area contributed by atoms with Crippen molar-refractivity contribution in [2.24, 2.45) is 0 Å². The summed E-state index contributed by atoms with van der Waals surface area (Å²) in [6.45, 7) is 2.47. The fourth-order valence-corrected chi connectivity index (χ4v) is 3.19. The number of carbonyl (C=O) groups is 1. The molecule has 1 unspecified atom stereocenters. The Morgan fingerprint density at radius 2 is 1.91 bits per heavy atom. The first kappa shape index (κ1) is 18.3. The van der Waals surface area contributed by atoms with Gasteiger partial charge in [-0.05, 0) is 32.0 Å². The monoisotopic (exact) mass is 354 g/mol. The molecule has 1 aromatic carbocycles. The largest absolute Gasteiger partial charge is 0.480 e. The van der Waals surface area contributed by atoms with E-state index >= 15 is 0 Å². The number of sulfonamides is 2. The number of carboxylic acid groups (broad SMARTS) is 1. The van der Waals surface area contributed by atoms with E-state index in [4.69, 9.17) is 5.11 Å². The lowest BCUT2D eigenvalue weighted by Crippen LogP contribution is -2.38. The van der Waals surface area contributed by atoms with Crippen LogP contribution in [-0.2, 0) is 24.8 Å². The zero-order valence-corrected chi connectivity index (χ0v) is 13.3. The summed E-state index contributed by atoms with van der Waals surface area (Å²) in [7, 11) is -7.95. The van der Waals surface area contributed by atoms with Crippen LogP contribution in [-0.4, -0.2) is 39.7 Å². The summed E-state index contributed by atoms with van der Waals surface area (Å²) in [5, 5.41) is 8.67. The van der Waals surface area contributed by atoms with Crippen LogP contribution in [0.5, 0.6) is 0 Å². The van der Waals surface area contributed by atoms with Gasteiger partial charge in [-0.1, -0.05) is 0 Å². The zero-order valence-electron chi connectivity index (χ0n) is 11.7. The van der Waals surface area contributed by atoms with E-state index in [1.54, 1.807) is 0 Å². The van der Waals surface area contributed by atoms with Crippen molar-refractivity contribution in [1.82, 2.24) is 4.72 Å². The third kappa shape index (κ3) is 4.64. The smallest absolute Gasteiger partial charge is 0.321 e. The minimum atomic E-state index is -4.24. The molecule has 0 aliphatic rings. The van der Waals surface area contributed by atoms with Gasteiger partial charge in [0.1, 0.15) is 11.9 Å². The van der Waals surface area contributed by atoms with E-state index in [-0.39, 0.29) is 5.75 Å². The molecular formula is C11H15FN2O6S2. The van der Waals surface area contributed by atoms with Crippen LogP contribution in [0.3, 0.4) is 0 Å². The first-order valence-electron chi connectivity index (χ1n) is 6.03. The number of hydrogen-bond acceptors (Lipinski definition) is 5. The zero-order chi connectivity index (χ0) is 17.1. The molecule has 0 fully saturated rings. The molecule has 0 aliphatic heterocycles. The van der Waals surface area contributed by atoms with Crippen molar-refractivity contribution < 1.29 is 31.1 Å². The molecule has 0 saturated heterocycles. The Morgan fingerprint density at radius 1 is 1.32 bits per heavy atom. The van der Waals surface area contributed by atoms with Crippen molar-refractivity contribution in [1.29, 1.82) is 0 Å². The van der Waals surface area contributed by atoms with Crippen LogP contribution in [0, 0.1) is 5.82 Å². The molecule has 1 rings (SSSR count). The van der Waals surface area contributed by atoms with Crippen molar-refractivity contribution in [3.63, 3.8) is 0 Å². The molecule has 8 nitrogen and oxygen atoms in total. The molecule has 1 aromatic rings. The average Bonchev–Trinajstić information content (AvgIpc) is 2.40. The highest BCUT2D eigenvalue weighted by atomic mass is 32.2. The van der Waals surface area contributed by atoms with Crippen molar-refractivity contribution in [3.05, 3.63) is 24.0 Å². The predicted octanol–water partition coefficient (Wildman–Crippen LogP) is 0.339. The van der Waals surface area contributed by atoms with E-state index in [9.17, 15) is 26.0 Å². The van der Waals surface area contributed by atoms with E-state index in [0.717, 1.165) is 19.1 Å². The minimum absolute atomic E-state index is 0.274. The van der Waals surface area contributed by atoms with E-state index in [1.807, 2.05) is 9.44 Å². The van der Waals surface area contributed by atoms with Crippen LogP contribution in [0.15, 0.2) is 23.1 Å². The maximum absolute atomic E-state index is 13.8. The fourth-order valence-electron chi connectivity index (χ4n) is 1.34. The normalized spacial score (nSPS) is 13.6. The molecule has 0 bridgehead atoms. The second-order valence-corrected chi connectivity index (χ2v) is 8.05. The van der Waals surface area contributed by atoms with Gasteiger partial charge in [0, 0.05) is 0 Å². The summed E-state index contributed by atoms with van der Waals surface area (Å²) in [4.78, 5) is 10.1. The first-order valence-corrected chi connectivity index (χ1v) is 9.17. The number of halogens is 1. The maximum Gasteiger partial charge on any atom is 0.321 e. The highest BCUT2D eigenvalue weighted by Crippen LogP contribution is 2.20. The molecule has 0 aliphatic carbocycles. The van der Waals surface area contributed by atoms with Gasteiger partial charge in [-0.2, -0.15) is 4.72 Å².